The van der Waals surface area contributed by atoms with Gasteiger partial charge < -0.3 is 14.5 Å². The summed E-state index contributed by atoms with van der Waals surface area (Å²) in [5, 5.41) is 2.36. The molecule has 6 heteroatoms. The minimum absolute atomic E-state index is 0.218. The van der Waals surface area contributed by atoms with Gasteiger partial charge >= 0.3 is 0 Å². The highest BCUT2D eigenvalue weighted by Gasteiger charge is 2.33. The predicted octanol–water partition coefficient (Wildman–Crippen LogP) is 15.6. The zero-order chi connectivity index (χ0) is 41.8. The smallest absolute Gasteiger partial charge is 0.137 e. The van der Waals surface area contributed by atoms with E-state index in [9.17, 15) is 4.39 Å². The molecule has 2 aliphatic rings. The normalized spacial score (nSPS) is 14.5. The lowest BCUT2D eigenvalue weighted by atomic mass is 9.84. The molecule has 1 aliphatic carbocycles. The van der Waals surface area contributed by atoms with E-state index in [1.807, 2.05) is 18.3 Å². The number of hydrogen-bond acceptors (Lipinski definition) is 4. The average Bonchev–Trinajstić information content (AvgIpc) is 3.82. The van der Waals surface area contributed by atoms with Crippen molar-refractivity contribution >= 4 is 44.6 Å². The molecule has 61 heavy (non-hydrogen) atoms. The molecule has 0 N–H and O–H groups in total. The van der Waals surface area contributed by atoms with E-state index in [0.717, 1.165) is 45.2 Å². The van der Waals surface area contributed by atoms with Gasteiger partial charge in [0.2, 0.25) is 0 Å². The third-order valence-corrected chi connectivity index (χ3v) is 12.9. The van der Waals surface area contributed by atoms with Crippen molar-refractivity contribution < 1.29 is 9.13 Å². The number of benzene rings is 6. The number of nitrogens with zero attached hydrogens (tertiary/aromatic N) is 4. The summed E-state index contributed by atoms with van der Waals surface area (Å²) in [6.45, 7) is 11.8. The summed E-state index contributed by atoms with van der Waals surface area (Å²) in [5.41, 5.74) is 13.9. The van der Waals surface area contributed by atoms with E-state index < -0.39 is 0 Å². The Hall–Kier alpha value is -6.40. The molecular weight excluding hydrogens is 752 g/mol. The molecular formula is C55H53FN4O. The number of rotatable bonds is 9. The molecule has 0 atom stereocenters. The molecule has 1 aliphatic heterocycles. The van der Waals surface area contributed by atoms with E-state index in [0.29, 0.717) is 12.6 Å². The summed E-state index contributed by atoms with van der Waals surface area (Å²) in [4.78, 5) is 9.79. The summed E-state index contributed by atoms with van der Waals surface area (Å²) >= 11 is 0. The van der Waals surface area contributed by atoms with Crippen LogP contribution in [-0.2, 0) is 0 Å². The number of hydrogen-bond donors (Lipinski definition) is 0. The number of pyridine rings is 1. The molecule has 0 bridgehead atoms. The SMILES string of the molecule is Cc1ccnc(-n2c3ccccc3c3ccc(Oc4cc(C5CCCCC5)cc(N5CN(c6c(C(C)C)cc(-c7cccc(F)c7)cc6C(C)C)c6ccccc65)c4)cc32)c1. The van der Waals surface area contributed by atoms with Crippen LogP contribution in [0.1, 0.15) is 99.8 Å². The van der Waals surface area contributed by atoms with Gasteiger partial charge in [-0.05, 0) is 150 Å². The van der Waals surface area contributed by atoms with Crippen LogP contribution in [0.2, 0.25) is 0 Å². The second-order valence-electron chi connectivity index (χ2n) is 17.7. The van der Waals surface area contributed by atoms with E-state index in [4.69, 9.17) is 9.72 Å². The highest BCUT2D eigenvalue weighted by Crippen LogP contribution is 2.50. The van der Waals surface area contributed by atoms with Crippen molar-refractivity contribution in [1.29, 1.82) is 0 Å². The maximum Gasteiger partial charge on any atom is 0.137 e. The van der Waals surface area contributed by atoms with Gasteiger partial charge in [-0.2, -0.15) is 0 Å². The molecule has 0 unspecified atom stereocenters. The molecule has 306 valence electrons. The number of para-hydroxylation sites is 3. The van der Waals surface area contributed by atoms with Gasteiger partial charge in [-0.25, -0.2) is 9.37 Å². The fraction of sp³-hybridized carbons (Fsp3) is 0.255. The molecule has 2 aromatic heterocycles. The minimum atomic E-state index is -0.218. The Morgan fingerprint density at radius 2 is 1.34 bits per heavy atom. The minimum Gasteiger partial charge on any atom is -0.457 e. The lowest BCUT2D eigenvalue weighted by molar-refractivity contribution is 0.439. The van der Waals surface area contributed by atoms with Gasteiger partial charge in [0.05, 0.1) is 22.4 Å². The quantitative estimate of drug-likeness (QED) is 0.146. The van der Waals surface area contributed by atoms with Crippen molar-refractivity contribution in [2.75, 3.05) is 16.5 Å². The van der Waals surface area contributed by atoms with E-state index in [1.165, 1.54) is 88.3 Å². The number of ether oxygens (including phenoxy) is 1. The summed E-state index contributed by atoms with van der Waals surface area (Å²) in [6, 6.07) is 46.5. The van der Waals surface area contributed by atoms with E-state index >= 15 is 0 Å². The van der Waals surface area contributed by atoms with Crippen LogP contribution >= 0.6 is 0 Å². The molecule has 0 saturated heterocycles. The average molecular weight is 805 g/mol. The predicted molar refractivity (Wildman–Crippen MR) is 251 cm³/mol. The first-order valence-electron chi connectivity index (χ1n) is 22.1. The van der Waals surface area contributed by atoms with Crippen molar-refractivity contribution in [3.8, 4) is 28.4 Å². The molecule has 1 saturated carbocycles. The van der Waals surface area contributed by atoms with Crippen LogP contribution in [0.15, 0.2) is 140 Å². The maximum absolute atomic E-state index is 14.5. The number of aromatic nitrogens is 2. The molecule has 8 aromatic rings. The molecule has 6 aromatic carbocycles. The Balaban J connectivity index is 1.08. The zero-order valence-corrected chi connectivity index (χ0v) is 35.8. The second kappa shape index (κ2) is 15.9. The molecule has 10 rings (SSSR count). The highest BCUT2D eigenvalue weighted by atomic mass is 19.1. The number of anilines is 4. The Labute approximate surface area is 359 Å². The first kappa shape index (κ1) is 38.8. The molecule has 3 heterocycles. The van der Waals surface area contributed by atoms with Gasteiger partial charge in [0.25, 0.3) is 0 Å². The fourth-order valence-corrected chi connectivity index (χ4v) is 9.86. The van der Waals surface area contributed by atoms with Crippen LogP contribution < -0.4 is 14.5 Å². The molecule has 0 amide bonds. The van der Waals surface area contributed by atoms with Gasteiger partial charge in [0.15, 0.2) is 0 Å². The molecule has 0 radical (unpaired) electrons. The Morgan fingerprint density at radius 3 is 2.08 bits per heavy atom. The van der Waals surface area contributed by atoms with Crippen LogP contribution in [0.4, 0.5) is 27.1 Å². The maximum atomic E-state index is 14.5. The van der Waals surface area contributed by atoms with Crippen LogP contribution in [0, 0.1) is 12.7 Å². The first-order chi connectivity index (χ1) is 29.7. The van der Waals surface area contributed by atoms with E-state index in [1.54, 1.807) is 12.1 Å². The third-order valence-electron chi connectivity index (χ3n) is 12.9. The van der Waals surface area contributed by atoms with Crippen molar-refractivity contribution in [2.24, 2.45) is 0 Å². The fourth-order valence-electron chi connectivity index (χ4n) is 9.86. The van der Waals surface area contributed by atoms with Crippen LogP contribution in [0.5, 0.6) is 11.5 Å². The van der Waals surface area contributed by atoms with Crippen molar-refractivity contribution in [3.05, 3.63) is 168 Å². The van der Waals surface area contributed by atoms with E-state index in [-0.39, 0.29) is 17.7 Å². The van der Waals surface area contributed by atoms with Gasteiger partial charge in [-0.3, -0.25) is 4.57 Å². The molecule has 1 fully saturated rings. The summed E-state index contributed by atoms with van der Waals surface area (Å²) in [5.74, 6) is 3.29. The topological polar surface area (TPSA) is 33.5 Å². The number of aryl methyl sites for hydroxylation is 1. The standard InChI is InChI=1S/C55H53FN4O/c1-35(2)48-30-41(39-16-13-17-42(56)27-39)31-49(36(3)4)55(48)59-34-58(51-20-11-12-21-52(51)59)43-28-40(38-14-7-6-8-15-38)29-45(32-43)61-44-22-23-47-46-18-9-10-19-50(46)60(53(47)33-44)54-26-37(5)24-25-57-54/h9-13,16-33,35-36,38H,6-8,14-15,34H2,1-5H3. The van der Waals surface area contributed by atoms with Gasteiger partial charge in [-0.15, -0.1) is 0 Å². The van der Waals surface area contributed by atoms with Crippen LogP contribution in [0.3, 0.4) is 0 Å². The van der Waals surface area contributed by atoms with Crippen LogP contribution in [0.25, 0.3) is 38.8 Å². The monoisotopic (exact) mass is 804 g/mol. The second-order valence-corrected chi connectivity index (χ2v) is 17.7. The highest BCUT2D eigenvalue weighted by molar-refractivity contribution is 6.09. The molecule has 0 spiro atoms. The Bertz CT molecular complexity index is 2890. The van der Waals surface area contributed by atoms with E-state index in [2.05, 4.69) is 152 Å². The van der Waals surface area contributed by atoms with Gasteiger partial charge in [-0.1, -0.05) is 89.4 Å². The zero-order valence-electron chi connectivity index (χ0n) is 35.8. The van der Waals surface area contributed by atoms with Crippen LogP contribution in [-0.4, -0.2) is 16.2 Å². The van der Waals surface area contributed by atoms with Crippen molar-refractivity contribution in [1.82, 2.24) is 9.55 Å². The lowest BCUT2D eigenvalue weighted by Gasteiger charge is -2.30. The number of fused-ring (bicyclic) bond motifs is 4. The first-order valence-corrected chi connectivity index (χ1v) is 22.1. The molecule has 5 nitrogen and oxygen atoms in total. The summed E-state index contributed by atoms with van der Waals surface area (Å²) < 4.78 is 23.8. The van der Waals surface area contributed by atoms with Crippen molar-refractivity contribution in [3.63, 3.8) is 0 Å². The summed E-state index contributed by atoms with van der Waals surface area (Å²) in [6.07, 6.45) is 8.06. The third kappa shape index (κ3) is 7.22. The number of halogens is 1. The Kier molecular flexibility index (Phi) is 10.1. The largest absolute Gasteiger partial charge is 0.457 e. The van der Waals surface area contributed by atoms with Gasteiger partial charge in [0.1, 0.15) is 29.8 Å². The summed E-state index contributed by atoms with van der Waals surface area (Å²) in [7, 11) is 0. The Morgan fingerprint density at radius 1 is 0.623 bits per heavy atom. The van der Waals surface area contributed by atoms with Crippen molar-refractivity contribution in [2.45, 2.75) is 84.5 Å². The lowest BCUT2D eigenvalue weighted by Crippen LogP contribution is -2.26. The van der Waals surface area contributed by atoms with Gasteiger partial charge in [0, 0.05) is 40.5 Å².